The third kappa shape index (κ3) is 3.42. The SMILES string of the molecule is Cc1ccc(S(=O)(=O)CNC(=S)c2ccco2)cc1. The molecule has 2 aromatic rings. The zero-order valence-electron chi connectivity index (χ0n) is 10.3. The molecule has 1 heterocycles. The molecule has 0 aliphatic rings. The number of furan rings is 1. The number of hydrogen-bond donors (Lipinski definition) is 1. The summed E-state index contributed by atoms with van der Waals surface area (Å²) in [5.41, 5.74) is 1.01. The summed E-state index contributed by atoms with van der Waals surface area (Å²) in [4.78, 5) is 0.550. The molecule has 0 bridgehead atoms. The van der Waals surface area contributed by atoms with Gasteiger partial charge >= 0.3 is 0 Å². The first-order valence-electron chi connectivity index (χ1n) is 5.60. The third-order valence-electron chi connectivity index (χ3n) is 2.55. The molecular formula is C13H13NO3S2. The number of benzene rings is 1. The van der Waals surface area contributed by atoms with Gasteiger partial charge in [-0.15, -0.1) is 0 Å². The maximum absolute atomic E-state index is 12.1. The van der Waals surface area contributed by atoms with E-state index in [1.165, 1.54) is 6.26 Å². The highest BCUT2D eigenvalue weighted by molar-refractivity contribution is 7.91. The van der Waals surface area contributed by atoms with Crippen molar-refractivity contribution in [2.75, 3.05) is 5.88 Å². The summed E-state index contributed by atoms with van der Waals surface area (Å²) >= 11 is 5.04. The molecule has 1 aromatic carbocycles. The summed E-state index contributed by atoms with van der Waals surface area (Å²) in [6.45, 7) is 1.90. The molecule has 0 saturated carbocycles. The number of rotatable bonds is 4. The van der Waals surface area contributed by atoms with Crippen molar-refractivity contribution < 1.29 is 12.8 Å². The van der Waals surface area contributed by atoms with Crippen LogP contribution in [-0.4, -0.2) is 19.3 Å². The highest BCUT2D eigenvalue weighted by Gasteiger charge is 2.15. The van der Waals surface area contributed by atoms with Gasteiger partial charge in [0.05, 0.1) is 11.2 Å². The lowest BCUT2D eigenvalue weighted by Gasteiger charge is -2.07. The maximum Gasteiger partial charge on any atom is 0.196 e. The van der Waals surface area contributed by atoms with E-state index in [9.17, 15) is 8.42 Å². The molecule has 19 heavy (non-hydrogen) atoms. The zero-order chi connectivity index (χ0) is 13.9. The van der Waals surface area contributed by atoms with Gasteiger partial charge in [-0.1, -0.05) is 29.9 Å². The van der Waals surface area contributed by atoms with Crippen LogP contribution in [0.5, 0.6) is 0 Å². The predicted octanol–water partition coefficient (Wildman–Crippen LogP) is 2.28. The van der Waals surface area contributed by atoms with E-state index in [0.717, 1.165) is 5.56 Å². The highest BCUT2D eigenvalue weighted by atomic mass is 32.2. The van der Waals surface area contributed by atoms with Crippen molar-refractivity contribution in [3.05, 3.63) is 54.0 Å². The van der Waals surface area contributed by atoms with Crippen LogP contribution in [0.4, 0.5) is 0 Å². The molecule has 100 valence electrons. The van der Waals surface area contributed by atoms with Gasteiger partial charge in [-0.25, -0.2) is 8.42 Å². The number of thiocarbonyl (C=S) groups is 1. The van der Waals surface area contributed by atoms with Gasteiger partial charge in [0.1, 0.15) is 10.9 Å². The first kappa shape index (κ1) is 13.8. The molecule has 0 aliphatic heterocycles. The second-order valence-corrected chi connectivity index (χ2v) is 6.45. The van der Waals surface area contributed by atoms with Crippen molar-refractivity contribution in [3.8, 4) is 0 Å². The summed E-state index contributed by atoms with van der Waals surface area (Å²) in [6.07, 6.45) is 1.48. The van der Waals surface area contributed by atoms with Crippen LogP contribution in [0.25, 0.3) is 0 Å². The van der Waals surface area contributed by atoms with Gasteiger partial charge in [0.2, 0.25) is 0 Å². The summed E-state index contributed by atoms with van der Waals surface area (Å²) in [7, 11) is -3.40. The smallest absolute Gasteiger partial charge is 0.196 e. The number of aryl methyl sites for hydroxylation is 1. The number of hydrogen-bond acceptors (Lipinski definition) is 4. The van der Waals surface area contributed by atoms with Crippen molar-refractivity contribution >= 4 is 27.0 Å². The summed E-state index contributed by atoms with van der Waals surface area (Å²) in [6, 6.07) is 10.1. The molecule has 0 unspecified atom stereocenters. The molecule has 2 rings (SSSR count). The largest absolute Gasteiger partial charge is 0.462 e. The predicted molar refractivity (Wildman–Crippen MR) is 76.8 cm³/mol. The van der Waals surface area contributed by atoms with Crippen molar-refractivity contribution in [2.24, 2.45) is 0 Å². The molecule has 0 spiro atoms. The Bertz CT molecular complexity index is 658. The van der Waals surface area contributed by atoms with Crippen molar-refractivity contribution in [1.82, 2.24) is 5.32 Å². The third-order valence-corrected chi connectivity index (χ3v) is 4.41. The quantitative estimate of drug-likeness (QED) is 0.877. The minimum atomic E-state index is -3.40. The fourth-order valence-electron chi connectivity index (χ4n) is 1.48. The molecule has 0 saturated heterocycles. The Morgan fingerprint density at radius 2 is 1.95 bits per heavy atom. The molecule has 0 radical (unpaired) electrons. The van der Waals surface area contributed by atoms with Gasteiger partial charge in [-0.3, -0.25) is 0 Å². The Balaban J connectivity index is 2.06. The van der Waals surface area contributed by atoms with Crippen LogP contribution < -0.4 is 5.32 Å². The second-order valence-electron chi connectivity index (χ2n) is 4.06. The average Bonchev–Trinajstić information content (AvgIpc) is 2.90. The van der Waals surface area contributed by atoms with Gasteiger partial charge in [0.15, 0.2) is 15.6 Å². The van der Waals surface area contributed by atoms with E-state index in [1.807, 2.05) is 6.92 Å². The van der Waals surface area contributed by atoms with E-state index in [0.29, 0.717) is 5.76 Å². The molecule has 6 heteroatoms. The lowest BCUT2D eigenvalue weighted by molar-refractivity contribution is 0.556. The van der Waals surface area contributed by atoms with Crippen molar-refractivity contribution in [2.45, 2.75) is 11.8 Å². The number of sulfone groups is 1. The fraction of sp³-hybridized carbons (Fsp3) is 0.154. The molecule has 0 atom stereocenters. The summed E-state index contributed by atoms with van der Waals surface area (Å²) in [5, 5.41) is 2.69. The molecular weight excluding hydrogens is 282 g/mol. The van der Waals surface area contributed by atoms with Gasteiger partial charge < -0.3 is 9.73 Å². The topological polar surface area (TPSA) is 59.3 Å². The van der Waals surface area contributed by atoms with E-state index in [4.69, 9.17) is 16.6 Å². The lowest BCUT2D eigenvalue weighted by Crippen LogP contribution is -2.28. The normalized spacial score (nSPS) is 11.2. The first-order valence-corrected chi connectivity index (χ1v) is 7.66. The molecule has 1 aromatic heterocycles. The van der Waals surface area contributed by atoms with E-state index in [2.05, 4.69) is 5.32 Å². The highest BCUT2D eigenvalue weighted by Crippen LogP contribution is 2.11. The van der Waals surface area contributed by atoms with Crippen molar-refractivity contribution in [1.29, 1.82) is 0 Å². The van der Waals surface area contributed by atoms with Gasteiger partial charge in [0, 0.05) is 0 Å². The van der Waals surface area contributed by atoms with Crippen LogP contribution in [0.1, 0.15) is 11.3 Å². The first-order chi connectivity index (χ1) is 8.99. The molecule has 0 amide bonds. The van der Waals surface area contributed by atoms with Crippen LogP contribution in [0, 0.1) is 6.92 Å². The van der Waals surface area contributed by atoms with Crippen LogP contribution in [-0.2, 0) is 9.84 Å². The Labute approximate surface area is 117 Å². The van der Waals surface area contributed by atoms with Gasteiger partial charge in [-0.2, -0.15) is 0 Å². The van der Waals surface area contributed by atoms with Gasteiger partial charge in [-0.05, 0) is 31.2 Å². The Morgan fingerprint density at radius 1 is 1.26 bits per heavy atom. The Morgan fingerprint density at radius 3 is 2.53 bits per heavy atom. The van der Waals surface area contributed by atoms with E-state index in [1.54, 1.807) is 36.4 Å². The fourth-order valence-corrected chi connectivity index (χ4v) is 2.82. The van der Waals surface area contributed by atoms with Crippen LogP contribution in [0.3, 0.4) is 0 Å². The van der Waals surface area contributed by atoms with Crippen LogP contribution in [0.2, 0.25) is 0 Å². The molecule has 4 nitrogen and oxygen atoms in total. The van der Waals surface area contributed by atoms with Gasteiger partial charge in [0.25, 0.3) is 0 Å². The average molecular weight is 295 g/mol. The molecule has 1 N–H and O–H groups in total. The minimum absolute atomic E-state index is 0.254. The van der Waals surface area contributed by atoms with Crippen LogP contribution in [0.15, 0.2) is 52.0 Å². The Kier molecular flexibility index (Phi) is 4.01. The maximum atomic E-state index is 12.1. The molecule has 0 aliphatic carbocycles. The van der Waals surface area contributed by atoms with E-state index < -0.39 is 9.84 Å². The summed E-state index contributed by atoms with van der Waals surface area (Å²) < 4.78 is 29.2. The minimum Gasteiger partial charge on any atom is -0.462 e. The molecule has 0 fully saturated rings. The van der Waals surface area contributed by atoms with E-state index in [-0.39, 0.29) is 15.8 Å². The Hall–Kier alpha value is -1.66. The van der Waals surface area contributed by atoms with E-state index >= 15 is 0 Å². The second kappa shape index (κ2) is 5.54. The standard InChI is InChI=1S/C13H13NO3S2/c1-10-4-6-11(7-5-10)19(15,16)9-14-13(18)12-3-2-8-17-12/h2-8H,9H2,1H3,(H,14,18). The van der Waals surface area contributed by atoms with Crippen LogP contribution >= 0.6 is 12.2 Å². The monoisotopic (exact) mass is 295 g/mol. The zero-order valence-corrected chi connectivity index (χ0v) is 11.9. The summed E-state index contributed by atoms with van der Waals surface area (Å²) in [5.74, 6) is 0.199. The number of nitrogens with one attached hydrogen (secondary N) is 1. The van der Waals surface area contributed by atoms with Crippen molar-refractivity contribution in [3.63, 3.8) is 0 Å². The lowest BCUT2D eigenvalue weighted by atomic mass is 10.2.